The van der Waals surface area contributed by atoms with Crippen molar-refractivity contribution in [2.24, 2.45) is 9.98 Å². The van der Waals surface area contributed by atoms with Gasteiger partial charge in [0.2, 0.25) is 0 Å². The number of hydrogen-bond acceptors (Lipinski definition) is 2. The van der Waals surface area contributed by atoms with Crippen LogP contribution in [0.3, 0.4) is 0 Å². The summed E-state index contributed by atoms with van der Waals surface area (Å²) in [6, 6.07) is 0. The SMILES string of the molecule is FC1N=CC(F)(Cl)C=N1. The Hall–Kier alpha value is -0.510. The highest BCUT2D eigenvalue weighted by Gasteiger charge is 2.24. The molecule has 0 aromatic heterocycles. The van der Waals surface area contributed by atoms with Crippen LogP contribution in [0.2, 0.25) is 0 Å². The Morgan fingerprint density at radius 1 is 1.44 bits per heavy atom. The molecule has 1 aliphatic rings. The van der Waals surface area contributed by atoms with E-state index in [4.69, 9.17) is 11.6 Å². The first-order chi connectivity index (χ1) is 4.10. The van der Waals surface area contributed by atoms with Crippen molar-refractivity contribution in [1.29, 1.82) is 0 Å². The maximum absolute atomic E-state index is 12.3. The smallest absolute Gasteiger partial charge is 0.236 e. The van der Waals surface area contributed by atoms with Crippen LogP contribution in [0.15, 0.2) is 9.98 Å². The van der Waals surface area contributed by atoms with Crippen LogP contribution in [-0.2, 0) is 0 Å². The number of hydrogen-bond donors (Lipinski definition) is 0. The summed E-state index contributed by atoms with van der Waals surface area (Å²) in [6.45, 7) is 0. The van der Waals surface area contributed by atoms with Crippen molar-refractivity contribution in [3.63, 3.8) is 0 Å². The Morgan fingerprint density at radius 2 is 1.89 bits per heavy atom. The van der Waals surface area contributed by atoms with Gasteiger partial charge in [-0.2, -0.15) is 4.39 Å². The first-order valence-electron chi connectivity index (χ1n) is 2.21. The maximum atomic E-state index is 12.3. The van der Waals surface area contributed by atoms with Crippen molar-refractivity contribution in [2.45, 2.75) is 11.5 Å². The van der Waals surface area contributed by atoms with E-state index >= 15 is 0 Å². The topological polar surface area (TPSA) is 24.7 Å². The molecule has 0 saturated carbocycles. The van der Waals surface area contributed by atoms with E-state index in [1.807, 2.05) is 0 Å². The summed E-state index contributed by atoms with van der Waals surface area (Å²) >= 11 is 5.01. The molecule has 1 aliphatic heterocycles. The molecule has 2 nitrogen and oxygen atoms in total. The van der Waals surface area contributed by atoms with E-state index in [1.165, 1.54) is 0 Å². The molecule has 9 heavy (non-hydrogen) atoms. The van der Waals surface area contributed by atoms with Gasteiger partial charge in [-0.3, -0.25) is 0 Å². The molecule has 0 aliphatic carbocycles. The quantitative estimate of drug-likeness (QED) is 0.369. The molecule has 0 saturated heterocycles. The van der Waals surface area contributed by atoms with Gasteiger partial charge in [0.05, 0.1) is 12.4 Å². The second kappa shape index (κ2) is 2.02. The van der Waals surface area contributed by atoms with Crippen LogP contribution < -0.4 is 0 Å². The Balaban J connectivity index is 2.70. The number of nitrogens with zero attached hydrogens (tertiary/aromatic N) is 2. The van der Waals surface area contributed by atoms with E-state index in [2.05, 4.69) is 9.98 Å². The fraction of sp³-hybridized carbons (Fsp3) is 0.500. The molecule has 0 fully saturated rings. The molecule has 0 aromatic carbocycles. The number of halogens is 3. The minimum Gasteiger partial charge on any atom is -0.236 e. The van der Waals surface area contributed by atoms with E-state index in [0.29, 0.717) is 12.4 Å². The fourth-order valence-electron chi connectivity index (χ4n) is 0.394. The van der Waals surface area contributed by atoms with Crippen molar-refractivity contribution >= 4 is 24.0 Å². The monoisotopic (exact) mass is 152 g/mol. The lowest BCUT2D eigenvalue weighted by molar-refractivity contribution is 0.348. The molecule has 0 N–H and O–H groups in total. The van der Waals surface area contributed by atoms with Crippen molar-refractivity contribution in [3.05, 3.63) is 0 Å². The van der Waals surface area contributed by atoms with Gasteiger partial charge in [-0.15, -0.1) is 0 Å². The predicted octanol–water partition coefficient (Wildman–Crippen LogP) is 1.30. The standard InChI is InChI=1S/C4H3ClF2N2/c5-4(7)1-8-3(6)9-2-4/h1-3H. The lowest BCUT2D eigenvalue weighted by Crippen LogP contribution is -2.23. The average molecular weight is 153 g/mol. The van der Waals surface area contributed by atoms with Crippen molar-refractivity contribution in [2.75, 3.05) is 0 Å². The third-order valence-corrected chi connectivity index (χ3v) is 0.935. The molecule has 0 unspecified atom stereocenters. The Kier molecular flexibility index (Phi) is 1.48. The van der Waals surface area contributed by atoms with Crippen LogP contribution in [0.25, 0.3) is 0 Å². The average Bonchev–Trinajstić information content (AvgIpc) is 1.78. The van der Waals surface area contributed by atoms with Gasteiger partial charge in [0.15, 0.2) is 0 Å². The van der Waals surface area contributed by atoms with Gasteiger partial charge in [0.25, 0.3) is 11.5 Å². The minimum atomic E-state index is -2.19. The van der Waals surface area contributed by atoms with Gasteiger partial charge < -0.3 is 0 Å². The summed E-state index contributed by atoms with van der Waals surface area (Å²) in [5.74, 6) is 0. The zero-order valence-corrected chi connectivity index (χ0v) is 5.02. The van der Waals surface area contributed by atoms with Crippen LogP contribution >= 0.6 is 11.6 Å². The third-order valence-electron chi connectivity index (χ3n) is 0.739. The van der Waals surface area contributed by atoms with Gasteiger partial charge in [-0.1, -0.05) is 11.6 Å². The third kappa shape index (κ3) is 1.71. The van der Waals surface area contributed by atoms with Gasteiger partial charge in [0, 0.05) is 0 Å². The summed E-state index contributed by atoms with van der Waals surface area (Å²) < 4.78 is 24.3. The predicted molar refractivity (Wildman–Crippen MR) is 31.6 cm³/mol. The molecule has 0 bridgehead atoms. The van der Waals surface area contributed by atoms with Gasteiger partial charge in [-0.25, -0.2) is 14.4 Å². The lowest BCUT2D eigenvalue weighted by Gasteiger charge is -2.09. The number of rotatable bonds is 0. The molecule has 0 amide bonds. The molecule has 1 heterocycles. The molecule has 0 spiro atoms. The van der Waals surface area contributed by atoms with Gasteiger partial charge >= 0.3 is 0 Å². The molecule has 5 heteroatoms. The minimum absolute atomic E-state index is 0.673. The molecular formula is C4H3ClF2N2. The molecular weight excluding hydrogens is 150 g/mol. The highest BCUT2D eigenvalue weighted by Crippen LogP contribution is 2.15. The Bertz CT molecular complexity index is 150. The highest BCUT2D eigenvalue weighted by molar-refractivity contribution is 6.39. The molecule has 0 aromatic rings. The Morgan fingerprint density at radius 3 is 2.22 bits per heavy atom. The van der Waals surface area contributed by atoms with Gasteiger partial charge in [-0.05, 0) is 0 Å². The van der Waals surface area contributed by atoms with Crippen LogP contribution in [-0.4, -0.2) is 24.0 Å². The van der Waals surface area contributed by atoms with Gasteiger partial charge in [0.1, 0.15) is 0 Å². The highest BCUT2D eigenvalue weighted by atomic mass is 35.5. The first kappa shape index (κ1) is 6.61. The molecule has 0 radical (unpaired) electrons. The second-order valence-corrected chi connectivity index (χ2v) is 2.12. The van der Waals surface area contributed by atoms with E-state index in [1.54, 1.807) is 0 Å². The Labute approximate surface area is 55.3 Å². The fourth-order valence-corrected chi connectivity index (χ4v) is 0.506. The van der Waals surface area contributed by atoms with Crippen molar-refractivity contribution < 1.29 is 8.78 Å². The lowest BCUT2D eigenvalue weighted by atomic mass is 10.4. The summed E-state index contributed by atoms with van der Waals surface area (Å²) in [5.41, 5.74) is 0. The first-order valence-corrected chi connectivity index (χ1v) is 2.58. The summed E-state index contributed by atoms with van der Waals surface area (Å²) in [4.78, 5) is 5.97. The van der Waals surface area contributed by atoms with E-state index in [9.17, 15) is 8.78 Å². The molecule has 1 rings (SSSR count). The largest absolute Gasteiger partial charge is 0.283 e. The van der Waals surface area contributed by atoms with Crippen molar-refractivity contribution in [3.8, 4) is 0 Å². The second-order valence-electron chi connectivity index (χ2n) is 1.54. The number of alkyl halides is 3. The van der Waals surface area contributed by atoms with Crippen LogP contribution in [0.4, 0.5) is 8.78 Å². The van der Waals surface area contributed by atoms with Crippen LogP contribution in [0.5, 0.6) is 0 Å². The zero-order chi connectivity index (χ0) is 6.91. The molecule has 0 atom stereocenters. The summed E-state index contributed by atoms with van der Waals surface area (Å²) in [5, 5.41) is -2.19. The van der Waals surface area contributed by atoms with Crippen molar-refractivity contribution in [1.82, 2.24) is 0 Å². The summed E-state index contributed by atoms with van der Waals surface area (Å²) in [7, 11) is 0. The van der Waals surface area contributed by atoms with Crippen LogP contribution in [0, 0.1) is 0 Å². The maximum Gasteiger partial charge on any atom is 0.283 e. The molecule has 50 valence electrons. The number of aliphatic imine (C=N–C) groups is 2. The zero-order valence-electron chi connectivity index (χ0n) is 4.26. The summed E-state index contributed by atoms with van der Waals surface area (Å²) in [6.07, 6.45) is -0.342. The normalized spacial score (nSPS) is 41.4. The van der Waals surface area contributed by atoms with Crippen LogP contribution in [0.1, 0.15) is 0 Å². The van der Waals surface area contributed by atoms with E-state index in [0.717, 1.165) is 0 Å². The van der Waals surface area contributed by atoms with E-state index in [-0.39, 0.29) is 0 Å². The van der Waals surface area contributed by atoms with E-state index < -0.39 is 11.5 Å².